The molecule has 0 aliphatic carbocycles. The van der Waals surface area contributed by atoms with Crippen LogP contribution in [0, 0.1) is 5.92 Å². The standard InChI is InChI=1S/C37H41N3O6S/c1-36(2,3)27-13-11-23(12-14-27)26-20-38-33(39-21-26)24-9-7-22(8-10-24)17-25(34(44)40-28(35(45)46)19-32(42)43)18-29(41)30-15-16-31(47-30)37(4,5)6/h7-16,20-21,25,28H,17-19H2,1-6H3,(H,40,44)(H,42,43)(H,45,46)/t25-,28+/m1/s1. The van der Waals surface area contributed by atoms with Crippen LogP contribution in [-0.2, 0) is 31.6 Å². The Kier molecular flexibility index (Phi) is 10.8. The summed E-state index contributed by atoms with van der Waals surface area (Å²) in [6.07, 6.45) is 2.74. The van der Waals surface area contributed by atoms with Gasteiger partial charge in [0, 0.05) is 40.7 Å². The van der Waals surface area contributed by atoms with Crippen molar-refractivity contribution in [1.29, 1.82) is 0 Å². The number of carbonyl (C=O) groups excluding carboxylic acids is 2. The van der Waals surface area contributed by atoms with Crippen LogP contribution >= 0.6 is 11.3 Å². The second-order valence-corrected chi connectivity index (χ2v) is 14.8. The third-order valence-electron chi connectivity index (χ3n) is 7.85. The number of nitrogens with one attached hydrogen (secondary N) is 1. The summed E-state index contributed by atoms with van der Waals surface area (Å²) >= 11 is 1.37. The fourth-order valence-electron chi connectivity index (χ4n) is 5.00. The lowest BCUT2D eigenvalue weighted by molar-refractivity contribution is -0.147. The van der Waals surface area contributed by atoms with Gasteiger partial charge in [0.25, 0.3) is 0 Å². The third kappa shape index (κ3) is 9.42. The van der Waals surface area contributed by atoms with Crippen molar-refractivity contribution in [2.24, 2.45) is 5.92 Å². The van der Waals surface area contributed by atoms with Gasteiger partial charge in [-0.1, -0.05) is 90.1 Å². The Bertz CT molecular complexity index is 1730. The number of hydrogen-bond donors (Lipinski definition) is 3. The fraction of sp³-hybridized carbons (Fsp3) is 0.351. The average Bonchev–Trinajstić information content (AvgIpc) is 3.52. The van der Waals surface area contributed by atoms with Crippen molar-refractivity contribution < 1.29 is 29.4 Å². The number of nitrogens with zero attached hydrogens (tertiary/aromatic N) is 2. The van der Waals surface area contributed by atoms with E-state index in [1.54, 1.807) is 18.5 Å². The number of ketones is 1. The summed E-state index contributed by atoms with van der Waals surface area (Å²) in [6.45, 7) is 12.7. The minimum absolute atomic E-state index is 0.0614. The number of carboxylic acid groups (broad SMARTS) is 2. The van der Waals surface area contributed by atoms with Gasteiger partial charge in [-0.3, -0.25) is 14.4 Å². The molecule has 2 aromatic carbocycles. The first-order chi connectivity index (χ1) is 22.0. The Morgan fingerprint density at radius 2 is 1.34 bits per heavy atom. The molecule has 9 nitrogen and oxygen atoms in total. The Morgan fingerprint density at radius 3 is 1.85 bits per heavy atom. The Labute approximate surface area is 279 Å². The van der Waals surface area contributed by atoms with Crippen LogP contribution in [0.1, 0.15) is 80.1 Å². The molecule has 1 amide bonds. The number of carbonyl (C=O) groups is 4. The van der Waals surface area contributed by atoms with Gasteiger partial charge >= 0.3 is 11.9 Å². The van der Waals surface area contributed by atoms with Gasteiger partial charge in [0.05, 0.1) is 11.3 Å². The highest BCUT2D eigenvalue weighted by Gasteiger charge is 2.30. The molecule has 10 heteroatoms. The molecule has 0 saturated carbocycles. The van der Waals surface area contributed by atoms with Crippen molar-refractivity contribution in [3.05, 3.63) is 93.9 Å². The van der Waals surface area contributed by atoms with E-state index in [1.165, 1.54) is 16.9 Å². The largest absolute Gasteiger partial charge is 0.481 e. The lowest BCUT2D eigenvalue weighted by Crippen LogP contribution is -2.45. The Morgan fingerprint density at radius 1 is 0.745 bits per heavy atom. The summed E-state index contributed by atoms with van der Waals surface area (Å²) < 4.78 is 0. The van der Waals surface area contributed by atoms with Crippen LogP contribution in [0.5, 0.6) is 0 Å². The summed E-state index contributed by atoms with van der Waals surface area (Å²) in [5, 5.41) is 21.0. The quantitative estimate of drug-likeness (QED) is 0.139. The molecule has 0 aliphatic rings. The van der Waals surface area contributed by atoms with Crippen molar-refractivity contribution in [2.75, 3.05) is 0 Å². The van der Waals surface area contributed by atoms with Gasteiger partial charge in [-0.05, 0) is 46.1 Å². The number of benzene rings is 2. The molecule has 0 spiro atoms. The van der Waals surface area contributed by atoms with Gasteiger partial charge in [0.2, 0.25) is 5.91 Å². The van der Waals surface area contributed by atoms with Gasteiger partial charge in [0.1, 0.15) is 6.04 Å². The monoisotopic (exact) mass is 655 g/mol. The first-order valence-electron chi connectivity index (χ1n) is 15.4. The second-order valence-electron chi connectivity index (χ2n) is 13.8. The molecule has 2 aromatic heterocycles. The van der Waals surface area contributed by atoms with E-state index in [4.69, 9.17) is 5.11 Å². The maximum absolute atomic E-state index is 13.3. The molecule has 0 unspecified atom stereocenters. The smallest absolute Gasteiger partial charge is 0.326 e. The van der Waals surface area contributed by atoms with Crippen LogP contribution in [0.3, 0.4) is 0 Å². The van der Waals surface area contributed by atoms with E-state index >= 15 is 0 Å². The zero-order chi connectivity index (χ0) is 34.5. The van der Waals surface area contributed by atoms with E-state index in [1.807, 2.05) is 51.1 Å². The van der Waals surface area contributed by atoms with E-state index in [0.717, 1.165) is 27.1 Å². The first-order valence-corrected chi connectivity index (χ1v) is 16.2. The molecule has 0 aliphatic heterocycles. The summed E-state index contributed by atoms with van der Waals surface area (Å²) in [7, 11) is 0. The predicted molar refractivity (Wildman–Crippen MR) is 183 cm³/mol. The zero-order valence-electron chi connectivity index (χ0n) is 27.5. The van der Waals surface area contributed by atoms with Crippen molar-refractivity contribution in [1.82, 2.24) is 15.3 Å². The third-order valence-corrected chi connectivity index (χ3v) is 9.40. The maximum atomic E-state index is 13.3. The highest BCUT2D eigenvalue weighted by atomic mass is 32.1. The van der Waals surface area contributed by atoms with E-state index in [0.29, 0.717) is 10.7 Å². The van der Waals surface area contributed by atoms with Crippen molar-refractivity contribution in [3.63, 3.8) is 0 Å². The van der Waals surface area contributed by atoms with Crippen molar-refractivity contribution in [3.8, 4) is 22.5 Å². The number of amides is 1. The first kappa shape index (κ1) is 35.2. The normalized spacial score (nSPS) is 13.1. The average molecular weight is 656 g/mol. The van der Waals surface area contributed by atoms with Crippen LogP contribution in [-0.4, -0.2) is 49.9 Å². The molecule has 0 saturated heterocycles. The number of rotatable bonds is 12. The molecular formula is C37H41N3O6S. The topological polar surface area (TPSA) is 147 Å². The number of aromatic nitrogens is 2. The molecule has 0 fully saturated rings. The fourth-order valence-corrected chi connectivity index (χ4v) is 6.01. The molecule has 0 radical (unpaired) electrons. The van der Waals surface area contributed by atoms with E-state index < -0.39 is 36.2 Å². The number of thiophene rings is 1. The lowest BCUT2D eigenvalue weighted by Gasteiger charge is -2.19. The molecule has 4 rings (SSSR count). The minimum atomic E-state index is -1.62. The van der Waals surface area contributed by atoms with Gasteiger partial charge in [-0.2, -0.15) is 0 Å². The molecule has 246 valence electrons. The Balaban J connectivity index is 1.52. The van der Waals surface area contributed by atoms with E-state index in [-0.39, 0.29) is 29.5 Å². The second kappa shape index (κ2) is 14.4. The van der Waals surface area contributed by atoms with Crippen LogP contribution in [0.2, 0.25) is 0 Å². The van der Waals surface area contributed by atoms with Gasteiger partial charge in [-0.25, -0.2) is 14.8 Å². The molecule has 0 bridgehead atoms. The minimum Gasteiger partial charge on any atom is -0.481 e. The van der Waals surface area contributed by atoms with Crippen molar-refractivity contribution >= 4 is 35.0 Å². The molecule has 2 atom stereocenters. The van der Waals surface area contributed by atoms with Crippen LogP contribution in [0.15, 0.2) is 73.1 Å². The molecule has 47 heavy (non-hydrogen) atoms. The number of aliphatic carboxylic acids is 2. The molecule has 2 heterocycles. The van der Waals surface area contributed by atoms with E-state index in [9.17, 15) is 24.3 Å². The van der Waals surface area contributed by atoms with Crippen LogP contribution in [0.25, 0.3) is 22.5 Å². The van der Waals surface area contributed by atoms with Crippen LogP contribution in [0.4, 0.5) is 0 Å². The number of hydrogen-bond acceptors (Lipinski definition) is 7. The van der Waals surface area contributed by atoms with Gasteiger partial charge < -0.3 is 15.5 Å². The highest BCUT2D eigenvalue weighted by Crippen LogP contribution is 2.31. The molecule has 3 N–H and O–H groups in total. The molecule has 4 aromatic rings. The van der Waals surface area contributed by atoms with Gasteiger partial charge in [-0.15, -0.1) is 11.3 Å². The summed E-state index contributed by atoms with van der Waals surface area (Å²) in [4.78, 5) is 60.2. The predicted octanol–water partition coefficient (Wildman–Crippen LogP) is 6.94. The van der Waals surface area contributed by atoms with Gasteiger partial charge in [0.15, 0.2) is 11.6 Å². The SMILES string of the molecule is CC(C)(C)c1ccc(-c2cnc(-c3ccc(C[C@H](CC(=O)c4ccc(C(C)(C)C)s4)C(=O)N[C@@H](CC(=O)O)C(=O)O)cc3)nc2)cc1. The summed E-state index contributed by atoms with van der Waals surface area (Å²) in [6, 6.07) is 17.7. The highest BCUT2D eigenvalue weighted by molar-refractivity contribution is 7.14. The lowest BCUT2D eigenvalue weighted by atomic mass is 9.86. The van der Waals surface area contributed by atoms with Crippen molar-refractivity contribution in [2.45, 2.75) is 77.7 Å². The number of Topliss-reactive ketones (excluding diaryl/α,β-unsaturated/α-hetero) is 1. The summed E-state index contributed by atoms with van der Waals surface area (Å²) in [5.41, 5.74) is 4.58. The maximum Gasteiger partial charge on any atom is 0.326 e. The summed E-state index contributed by atoms with van der Waals surface area (Å²) in [5.74, 6) is -4.16. The van der Waals surface area contributed by atoms with Crippen LogP contribution < -0.4 is 5.32 Å². The Hall–Kier alpha value is -4.70. The number of carboxylic acids is 2. The molecular weight excluding hydrogens is 614 g/mol. The van der Waals surface area contributed by atoms with E-state index in [2.05, 4.69) is 60.3 Å². The zero-order valence-corrected chi connectivity index (χ0v) is 28.4.